The lowest BCUT2D eigenvalue weighted by Gasteiger charge is -2.15. The standard InChI is InChI=1S/C11H13BrClN3/c1-11(2,3)9-7-8(13)6(12)5-14-10(7)16(4)15-9/h5H,1-4H3. The Hall–Kier alpha value is -0.610. The number of hydrogen-bond acceptors (Lipinski definition) is 2. The van der Waals surface area contributed by atoms with Crippen LogP contribution in [0.2, 0.25) is 5.02 Å². The molecule has 5 heteroatoms. The highest BCUT2D eigenvalue weighted by atomic mass is 79.9. The minimum absolute atomic E-state index is 0.0500. The zero-order chi connectivity index (χ0) is 12.1. The van der Waals surface area contributed by atoms with E-state index < -0.39 is 0 Å². The number of rotatable bonds is 0. The van der Waals surface area contributed by atoms with Crippen molar-refractivity contribution in [1.82, 2.24) is 14.8 Å². The lowest BCUT2D eigenvalue weighted by Crippen LogP contribution is -2.12. The van der Waals surface area contributed by atoms with Crippen LogP contribution in [0.4, 0.5) is 0 Å². The summed E-state index contributed by atoms with van der Waals surface area (Å²) in [6, 6.07) is 0. The molecule has 0 saturated heterocycles. The van der Waals surface area contributed by atoms with Crippen molar-refractivity contribution in [3.05, 3.63) is 21.4 Å². The molecule has 0 aliphatic carbocycles. The average Bonchev–Trinajstić information content (AvgIpc) is 2.50. The van der Waals surface area contributed by atoms with E-state index in [0.717, 1.165) is 21.2 Å². The van der Waals surface area contributed by atoms with Crippen LogP contribution in [-0.4, -0.2) is 14.8 Å². The smallest absolute Gasteiger partial charge is 0.159 e. The van der Waals surface area contributed by atoms with Gasteiger partial charge in [-0.1, -0.05) is 32.4 Å². The third-order valence-corrected chi connectivity index (χ3v) is 3.68. The quantitative estimate of drug-likeness (QED) is 0.743. The summed E-state index contributed by atoms with van der Waals surface area (Å²) in [4.78, 5) is 4.34. The summed E-state index contributed by atoms with van der Waals surface area (Å²) >= 11 is 9.71. The van der Waals surface area contributed by atoms with Crippen molar-refractivity contribution in [1.29, 1.82) is 0 Å². The Bertz CT molecular complexity index is 554. The molecule has 0 aliphatic rings. The normalized spacial score (nSPS) is 12.4. The van der Waals surface area contributed by atoms with Crippen LogP contribution >= 0.6 is 27.5 Å². The monoisotopic (exact) mass is 301 g/mol. The molecule has 0 saturated carbocycles. The van der Waals surface area contributed by atoms with Gasteiger partial charge in [0.25, 0.3) is 0 Å². The maximum absolute atomic E-state index is 6.31. The Morgan fingerprint density at radius 2 is 2.00 bits per heavy atom. The average molecular weight is 303 g/mol. The van der Waals surface area contributed by atoms with Gasteiger partial charge in [0.05, 0.1) is 20.6 Å². The molecule has 0 amide bonds. The van der Waals surface area contributed by atoms with Gasteiger partial charge in [-0.3, -0.25) is 4.68 Å². The Balaban J connectivity index is 2.92. The molecule has 2 heterocycles. The minimum atomic E-state index is -0.0500. The Labute approximate surface area is 108 Å². The van der Waals surface area contributed by atoms with E-state index in [-0.39, 0.29) is 5.41 Å². The molecular formula is C11H13BrClN3. The van der Waals surface area contributed by atoms with Crippen LogP contribution in [0.1, 0.15) is 26.5 Å². The summed E-state index contributed by atoms with van der Waals surface area (Å²) in [6.07, 6.45) is 1.71. The first-order valence-electron chi connectivity index (χ1n) is 4.99. The van der Waals surface area contributed by atoms with Crippen LogP contribution in [0.3, 0.4) is 0 Å². The maximum atomic E-state index is 6.31. The molecule has 0 bridgehead atoms. The zero-order valence-corrected chi connectivity index (χ0v) is 12.0. The fourth-order valence-electron chi connectivity index (χ4n) is 1.68. The third kappa shape index (κ3) is 1.74. The van der Waals surface area contributed by atoms with Crippen LogP contribution in [-0.2, 0) is 12.5 Å². The van der Waals surface area contributed by atoms with Gasteiger partial charge in [-0.25, -0.2) is 4.98 Å². The van der Waals surface area contributed by atoms with Crippen molar-refractivity contribution in [2.45, 2.75) is 26.2 Å². The van der Waals surface area contributed by atoms with Crippen LogP contribution in [0.5, 0.6) is 0 Å². The van der Waals surface area contributed by atoms with Gasteiger partial charge in [0.2, 0.25) is 0 Å². The summed E-state index contributed by atoms with van der Waals surface area (Å²) in [5, 5.41) is 6.13. The van der Waals surface area contributed by atoms with E-state index in [9.17, 15) is 0 Å². The Kier molecular flexibility index (Phi) is 2.75. The largest absolute Gasteiger partial charge is 0.250 e. The topological polar surface area (TPSA) is 30.7 Å². The van der Waals surface area contributed by atoms with Crippen molar-refractivity contribution >= 4 is 38.6 Å². The Morgan fingerprint density at radius 1 is 1.38 bits per heavy atom. The molecule has 86 valence electrons. The highest BCUT2D eigenvalue weighted by molar-refractivity contribution is 9.10. The van der Waals surface area contributed by atoms with Gasteiger partial charge < -0.3 is 0 Å². The first-order valence-corrected chi connectivity index (χ1v) is 6.16. The summed E-state index contributed by atoms with van der Waals surface area (Å²) < 4.78 is 2.58. The summed E-state index contributed by atoms with van der Waals surface area (Å²) in [7, 11) is 1.88. The molecule has 0 aromatic carbocycles. The van der Waals surface area contributed by atoms with E-state index in [4.69, 9.17) is 11.6 Å². The minimum Gasteiger partial charge on any atom is -0.250 e. The first kappa shape index (κ1) is 11.9. The lowest BCUT2D eigenvalue weighted by atomic mass is 9.90. The molecule has 0 fully saturated rings. The van der Waals surface area contributed by atoms with Crippen LogP contribution in [0, 0.1) is 0 Å². The van der Waals surface area contributed by atoms with E-state index in [0.29, 0.717) is 5.02 Å². The first-order chi connectivity index (χ1) is 7.32. The van der Waals surface area contributed by atoms with E-state index in [1.54, 1.807) is 10.9 Å². The molecular weight excluding hydrogens is 289 g/mol. The molecule has 2 aromatic rings. The second kappa shape index (κ2) is 3.70. The van der Waals surface area contributed by atoms with Gasteiger partial charge in [-0.05, 0) is 15.9 Å². The molecule has 0 atom stereocenters. The summed E-state index contributed by atoms with van der Waals surface area (Å²) in [6.45, 7) is 6.35. The van der Waals surface area contributed by atoms with Crippen molar-refractivity contribution in [3.8, 4) is 0 Å². The number of fused-ring (bicyclic) bond motifs is 1. The van der Waals surface area contributed by atoms with Crippen molar-refractivity contribution < 1.29 is 0 Å². The second-order valence-electron chi connectivity index (χ2n) is 4.84. The number of pyridine rings is 1. The Morgan fingerprint density at radius 3 is 2.56 bits per heavy atom. The molecule has 0 N–H and O–H groups in total. The highest BCUT2D eigenvalue weighted by Gasteiger charge is 2.24. The summed E-state index contributed by atoms with van der Waals surface area (Å²) in [5.74, 6) is 0. The fraction of sp³-hybridized carbons (Fsp3) is 0.455. The number of halogens is 2. The molecule has 0 unspecified atom stereocenters. The highest BCUT2D eigenvalue weighted by Crippen LogP contribution is 2.36. The number of aromatic nitrogens is 3. The number of nitrogens with zero attached hydrogens (tertiary/aromatic N) is 3. The van der Waals surface area contributed by atoms with E-state index in [1.165, 1.54) is 0 Å². The molecule has 0 spiro atoms. The molecule has 2 rings (SSSR count). The van der Waals surface area contributed by atoms with Crippen molar-refractivity contribution in [2.75, 3.05) is 0 Å². The van der Waals surface area contributed by atoms with Crippen molar-refractivity contribution in [3.63, 3.8) is 0 Å². The predicted octanol–water partition coefficient (Wildman–Crippen LogP) is 3.68. The van der Waals surface area contributed by atoms with Crippen molar-refractivity contribution in [2.24, 2.45) is 7.05 Å². The number of aryl methyl sites for hydroxylation is 1. The van der Waals surface area contributed by atoms with Crippen LogP contribution < -0.4 is 0 Å². The van der Waals surface area contributed by atoms with Gasteiger partial charge in [0, 0.05) is 18.7 Å². The van der Waals surface area contributed by atoms with Gasteiger partial charge in [0.15, 0.2) is 5.65 Å². The van der Waals surface area contributed by atoms with E-state index in [1.807, 2.05) is 7.05 Å². The van der Waals surface area contributed by atoms with Gasteiger partial charge >= 0.3 is 0 Å². The number of hydrogen-bond donors (Lipinski definition) is 0. The SMILES string of the molecule is Cn1nc(C(C)(C)C)c2c(Cl)c(Br)cnc21. The molecule has 2 aromatic heterocycles. The van der Waals surface area contributed by atoms with Crippen LogP contribution in [0.25, 0.3) is 11.0 Å². The molecule has 3 nitrogen and oxygen atoms in total. The maximum Gasteiger partial charge on any atom is 0.159 e. The molecule has 0 aliphatic heterocycles. The zero-order valence-electron chi connectivity index (χ0n) is 9.67. The fourth-order valence-corrected chi connectivity index (χ4v) is 2.21. The molecule has 16 heavy (non-hydrogen) atoms. The van der Waals surface area contributed by atoms with Gasteiger partial charge in [-0.15, -0.1) is 0 Å². The second-order valence-corrected chi connectivity index (χ2v) is 6.07. The predicted molar refractivity (Wildman–Crippen MR) is 69.9 cm³/mol. The third-order valence-electron chi connectivity index (χ3n) is 2.46. The molecule has 0 radical (unpaired) electrons. The van der Waals surface area contributed by atoms with E-state index in [2.05, 4.69) is 46.8 Å². The summed E-state index contributed by atoms with van der Waals surface area (Å²) in [5.41, 5.74) is 1.74. The van der Waals surface area contributed by atoms with Gasteiger partial charge in [0.1, 0.15) is 0 Å². The van der Waals surface area contributed by atoms with E-state index >= 15 is 0 Å². The van der Waals surface area contributed by atoms with Crippen LogP contribution in [0.15, 0.2) is 10.7 Å². The lowest BCUT2D eigenvalue weighted by molar-refractivity contribution is 0.558. The van der Waals surface area contributed by atoms with Gasteiger partial charge in [-0.2, -0.15) is 5.10 Å².